The molecule has 0 aliphatic carbocycles. The predicted molar refractivity (Wildman–Crippen MR) is 82.4 cm³/mol. The van der Waals surface area contributed by atoms with Gasteiger partial charge in [0.15, 0.2) is 11.4 Å². The first kappa shape index (κ1) is 11.6. The number of fused-ring (bicyclic) bond motifs is 3. The van der Waals surface area contributed by atoms with Gasteiger partial charge in [0.25, 0.3) is 0 Å². The van der Waals surface area contributed by atoms with Crippen molar-refractivity contribution in [3.63, 3.8) is 0 Å². The Morgan fingerprint density at radius 3 is 2.65 bits per heavy atom. The summed E-state index contributed by atoms with van der Waals surface area (Å²) in [6, 6.07) is 15.8. The predicted octanol–water partition coefficient (Wildman–Crippen LogP) is 4.81. The van der Waals surface area contributed by atoms with Crippen molar-refractivity contribution in [3.05, 3.63) is 59.2 Å². The summed E-state index contributed by atoms with van der Waals surface area (Å²) in [5, 5.41) is 0.994. The van der Waals surface area contributed by atoms with E-state index in [1.807, 2.05) is 48.5 Å². The number of hydrogen-bond acceptors (Lipinski definition) is 3. The molecule has 0 spiro atoms. The number of benzene rings is 2. The summed E-state index contributed by atoms with van der Waals surface area (Å²) < 4.78 is 6.76. The van der Waals surface area contributed by atoms with E-state index in [-0.39, 0.29) is 0 Å². The average molecular weight is 325 g/mol. The van der Waals surface area contributed by atoms with Crippen molar-refractivity contribution >= 4 is 38.0 Å². The van der Waals surface area contributed by atoms with Crippen LogP contribution in [0.4, 0.5) is 0 Å². The minimum absolute atomic E-state index is 0.706. The third-order valence-electron chi connectivity index (χ3n) is 3.20. The maximum atomic E-state index is 5.75. The molecule has 0 saturated carbocycles. The first-order valence-corrected chi connectivity index (χ1v) is 7.01. The van der Waals surface area contributed by atoms with Crippen LogP contribution in [-0.4, -0.2) is 9.97 Å². The first-order chi connectivity index (χ1) is 9.81. The number of rotatable bonds is 1. The summed E-state index contributed by atoms with van der Waals surface area (Å²) >= 11 is 3.48. The van der Waals surface area contributed by atoms with Gasteiger partial charge in [-0.15, -0.1) is 0 Å². The molecule has 0 atom stereocenters. The van der Waals surface area contributed by atoms with Gasteiger partial charge in [0, 0.05) is 15.4 Å². The molecule has 4 heteroatoms. The van der Waals surface area contributed by atoms with Crippen LogP contribution < -0.4 is 0 Å². The van der Waals surface area contributed by atoms with Gasteiger partial charge in [-0.05, 0) is 18.2 Å². The van der Waals surface area contributed by atoms with Gasteiger partial charge in [-0.3, -0.25) is 0 Å². The first-order valence-electron chi connectivity index (χ1n) is 6.21. The van der Waals surface area contributed by atoms with Gasteiger partial charge in [0.1, 0.15) is 11.1 Å². The highest BCUT2D eigenvalue weighted by molar-refractivity contribution is 9.10. The van der Waals surface area contributed by atoms with Gasteiger partial charge >= 0.3 is 0 Å². The molecule has 0 aliphatic heterocycles. The molecule has 0 radical (unpaired) electrons. The van der Waals surface area contributed by atoms with E-state index in [0.717, 1.165) is 26.5 Å². The second-order valence-electron chi connectivity index (χ2n) is 4.52. The van der Waals surface area contributed by atoms with Crippen molar-refractivity contribution in [1.82, 2.24) is 9.97 Å². The lowest BCUT2D eigenvalue weighted by Gasteiger charge is -1.98. The Kier molecular flexibility index (Phi) is 2.57. The smallest absolute Gasteiger partial charge is 0.172 e. The van der Waals surface area contributed by atoms with E-state index in [4.69, 9.17) is 4.42 Å². The van der Waals surface area contributed by atoms with Crippen LogP contribution in [0.25, 0.3) is 33.5 Å². The van der Waals surface area contributed by atoms with E-state index in [1.54, 1.807) is 6.20 Å². The summed E-state index contributed by atoms with van der Waals surface area (Å²) in [5.74, 6) is 0.709. The number of halogens is 1. The van der Waals surface area contributed by atoms with Gasteiger partial charge in [-0.25, -0.2) is 9.97 Å². The molecule has 4 rings (SSSR count). The van der Waals surface area contributed by atoms with Crippen molar-refractivity contribution in [2.45, 2.75) is 0 Å². The number of hydrogen-bond donors (Lipinski definition) is 0. The van der Waals surface area contributed by atoms with Crippen LogP contribution >= 0.6 is 15.9 Å². The van der Waals surface area contributed by atoms with Crippen LogP contribution in [0.3, 0.4) is 0 Å². The highest BCUT2D eigenvalue weighted by Crippen LogP contribution is 2.30. The molecule has 0 amide bonds. The quantitative estimate of drug-likeness (QED) is 0.504. The Hall–Kier alpha value is -2.20. The minimum atomic E-state index is 0.706. The zero-order valence-electron chi connectivity index (χ0n) is 10.4. The van der Waals surface area contributed by atoms with E-state index >= 15 is 0 Å². The Morgan fingerprint density at radius 2 is 1.80 bits per heavy atom. The van der Waals surface area contributed by atoms with Crippen molar-refractivity contribution in [2.24, 2.45) is 0 Å². The van der Waals surface area contributed by atoms with E-state index in [0.29, 0.717) is 11.4 Å². The molecule has 0 bridgehead atoms. The van der Waals surface area contributed by atoms with E-state index < -0.39 is 0 Å². The van der Waals surface area contributed by atoms with Crippen LogP contribution in [0.2, 0.25) is 0 Å². The van der Waals surface area contributed by atoms with Gasteiger partial charge < -0.3 is 4.42 Å². The fraction of sp³-hybridized carbons (Fsp3) is 0. The maximum Gasteiger partial charge on any atom is 0.172 e. The Balaban J connectivity index is 2.03. The normalized spacial score (nSPS) is 11.2. The fourth-order valence-corrected chi connectivity index (χ4v) is 2.62. The van der Waals surface area contributed by atoms with Crippen LogP contribution in [0, 0.1) is 0 Å². The van der Waals surface area contributed by atoms with Crippen molar-refractivity contribution in [1.29, 1.82) is 0 Å². The maximum absolute atomic E-state index is 5.75. The van der Waals surface area contributed by atoms with Gasteiger partial charge in [0.2, 0.25) is 0 Å². The molecule has 96 valence electrons. The topological polar surface area (TPSA) is 38.9 Å². The molecule has 0 unspecified atom stereocenters. The monoisotopic (exact) mass is 324 g/mol. The molecule has 0 fully saturated rings. The Labute approximate surface area is 123 Å². The molecule has 3 nitrogen and oxygen atoms in total. The summed E-state index contributed by atoms with van der Waals surface area (Å²) in [5.41, 5.74) is 3.37. The van der Waals surface area contributed by atoms with E-state index in [1.165, 1.54) is 0 Å². The van der Waals surface area contributed by atoms with Crippen molar-refractivity contribution < 1.29 is 4.42 Å². The lowest BCUT2D eigenvalue weighted by Crippen LogP contribution is -1.87. The molecule has 2 heterocycles. The summed E-state index contributed by atoms with van der Waals surface area (Å²) in [7, 11) is 0. The number of aromatic nitrogens is 2. The Morgan fingerprint density at radius 1 is 0.950 bits per heavy atom. The van der Waals surface area contributed by atoms with Crippen LogP contribution in [-0.2, 0) is 0 Å². The van der Waals surface area contributed by atoms with Crippen molar-refractivity contribution in [2.75, 3.05) is 0 Å². The second-order valence-corrected chi connectivity index (χ2v) is 5.43. The highest BCUT2D eigenvalue weighted by Gasteiger charge is 2.11. The third kappa shape index (κ3) is 1.80. The van der Waals surface area contributed by atoms with Gasteiger partial charge in [-0.2, -0.15) is 0 Å². The van der Waals surface area contributed by atoms with Crippen molar-refractivity contribution in [3.8, 4) is 11.4 Å². The number of furan rings is 1. The van der Waals surface area contributed by atoms with Crippen LogP contribution in [0.15, 0.2) is 63.6 Å². The van der Waals surface area contributed by atoms with Crippen LogP contribution in [0.1, 0.15) is 0 Å². The second kappa shape index (κ2) is 4.42. The summed E-state index contributed by atoms with van der Waals surface area (Å²) in [6.45, 7) is 0. The molecule has 0 N–H and O–H groups in total. The lowest BCUT2D eigenvalue weighted by atomic mass is 10.2. The van der Waals surface area contributed by atoms with E-state index in [9.17, 15) is 0 Å². The molecule has 4 aromatic rings. The average Bonchev–Trinajstić information content (AvgIpc) is 2.85. The molecular weight excluding hydrogens is 316 g/mol. The summed E-state index contributed by atoms with van der Waals surface area (Å²) in [4.78, 5) is 9.03. The summed E-state index contributed by atoms with van der Waals surface area (Å²) in [6.07, 6.45) is 1.73. The molecular formula is C16H9BrN2O. The minimum Gasteiger partial charge on any atom is -0.453 e. The zero-order chi connectivity index (χ0) is 13.5. The molecule has 0 saturated heterocycles. The lowest BCUT2D eigenvalue weighted by molar-refractivity contribution is 0.666. The number of nitrogens with zero attached hydrogens (tertiary/aromatic N) is 2. The SMILES string of the molecule is Brc1ccc2oc3cnc(-c4ccccc4)nc3c2c1. The largest absolute Gasteiger partial charge is 0.453 e. The van der Waals surface area contributed by atoms with Gasteiger partial charge in [-0.1, -0.05) is 46.3 Å². The molecule has 0 aliphatic rings. The van der Waals surface area contributed by atoms with Gasteiger partial charge in [0.05, 0.1) is 6.20 Å². The third-order valence-corrected chi connectivity index (χ3v) is 3.70. The van der Waals surface area contributed by atoms with Crippen LogP contribution in [0.5, 0.6) is 0 Å². The zero-order valence-corrected chi connectivity index (χ0v) is 12.0. The highest BCUT2D eigenvalue weighted by atomic mass is 79.9. The molecule has 2 aromatic heterocycles. The van der Waals surface area contributed by atoms with E-state index in [2.05, 4.69) is 25.9 Å². The molecule has 20 heavy (non-hydrogen) atoms. The fourth-order valence-electron chi connectivity index (χ4n) is 2.26. The Bertz CT molecular complexity index is 916. The standard InChI is InChI=1S/C16H9BrN2O/c17-11-6-7-13-12(8-11)15-14(20-13)9-18-16(19-15)10-4-2-1-3-5-10/h1-9H. The molecule has 2 aromatic carbocycles.